The molecule has 13 heavy (non-hydrogen) atoms. The zero-order valence-corrected chi connectivity index (χ0v) is 6.95. The van der Waals surface area contributed by atoms with Crippen LogP contribution in [0.25, 0.3) is 0 Å². The molecule has 1 aromatic heterocycles. The average molecular weight is 214 g/mol. The lowest BCUT2D eigenvalue weighted by Gasteiger charge is -2.09. The van der Waals surface area contributed by atoms with Gasteiger partial charge in [-0.15, -0.1) is 11.6 Å². The van der Waals surface area contributed by atoms with Crippen LogP contribution in [0.15, 0.2) is 12.3 Å². The Morgan fingerprint density at radius 3 is 2.46 bits per heavy atom. The predicted octanol–water partition coefficient (Wildman–Crippen LogP) is 2.98. The summed E-state index contributed by atoms with van der Waals surface area (Å²) in [6, 6.07) is 0.380. The van der Waals surface area contributed by atoms with Gasteiger partial charge in [-0.1, -0.05) is 0 Å². The Labute approximate surface area is 76.3 Å². The van der Waals surface area contributed by atoms with Gasteiger partial charge in [0.25, 0.3) is 0 Å². The van der Waals surface area contributed by atoms with Crippen LogP contribution in [0.2, 0.25) is 0 Å². The number of hydrogen-bond acceptors (Lipinski definition) is 1. The Kier molecular flexibility index (Phi) is 2.75. The van der Waals surface area contributed by atoms with E-state index in [4.69, 9.17) is 11.6 Å². The first kappa shape index (κ1) is 10.2. The van der Waals surface area contributed by atoms with E-state index in [1.807, 2.05) is 0 Å². The molecule has 72 valence electrons. The Morgan fingerprint density at radius 1 is 1.38 bits per heavy atom. The second kappa shape index (κ2) is 3.49. The minimum atomic E-state index is -4.61. The highest BCUT2D eigenvalue weighted by molar-refractivity contribution is 6.17. The van der Waals surface area contributed by atoms with Crippen molar-refractivity contribution in [2.24, 2.45) is 0 Å². The van der Waals surface area contributed by atoms with Crippen molar-refractivity contribution in [3.05, 3.63) is 29.3 Å². The molecule has 0 atom stereocenters. The van der Waals surface area contributed by atoms with E-state index in [0.717, 1.165) is 0 Å². The molecule has 0 saturated heterocycles. The summed E-state index contributed by atoms with van der Waals surface area (Å²) in [5, 5.41) is 0. The highest BCUT2D eigenvalue weighted by Crippen LogP contribution is 2.31. The van der Waals surface area contributed by atoms with Gasteiger partial charge < -0.3 is 0 Å². The van der Waals surface area contributed by atoms with Gasteiger partial charge in [0.15, 0.2) is 0 Å². The summed E-state index contributed by atoms with van der Waals surface area (Å²) in [4.78, 5) is 3.24. The second-order valence-corrected chi connectivity index (χ2v) is 2.55. The molecule has 0 amide bonds. The van der Waals surface area contributed by atoms with Crippen LogP contribution >= 0.6 is 11.6 Å². The van der Waals surface area contributed by atoms with Crippen molar-refractivity contribution in [2.75, 3.05) is 0 Å². The molecule has 1 nitrogen and oxygen atoms in total. The lowest BCUT2D eigenvalue weighted by Crippen LogP contribution is -2.10. The Hall–Kier alpha value is -0.840. The Morgan fingerprint density at radius 2 is 2.00 bits per heavy atom. The summed E-state index contributed by atoms with van der Waals surface area (Å²) < 4.78 is 48.9. The molecule has 0 aliphatic carbocycles. The quantitative estimate of drug-likeness (QED) is 0.516. The summed E-state index contributed by atoms with van der Waals surface area (Å²) in [5.74, 6) is -1.42. The summed E-state index contributed by atoms with van der Waals surface area (Å²) in [5.41, 5.74) is -1.49. The van der Waals surface area contributed by atoms with E-state index < -0.39 is 23.4 Å². The SMILES string of the molecule is Fc1cnc(CCl)c(C(F)(F)F)c1. The van der Waals surface area contributed by atoms with Crippen LogP contribution in [0.3, 0.4) is 0 Å². The van der Waals surface area contributed by atoms with Crippen LogP contribution < -0.4 is 0 Å². The van der Waals surface area contributed by atoms with Crippen LogP contribution in [0.1, 0.15) is 11.3 Å². The molecule has 0 unspecified atom stereocenters. The normalized spacial score (nSPS) is 11.8. The van der Waals surface area contributed by atoms with Gasteiger partial charge in [0.1, 0.15) is 5.82 Å². The van der Waals surface area contributed by atoms with E-state index in [1.54, 1.807) is 0 Å². The van der Waals surface area contributed by atoms with Gasteiger partial charge in [0.05, 0.1) is 23.3 Å². The standard InChI is InChI=1S/C7H4ClF4N/c8-2-6-5(7(10,11)12)1-4(9)3-13-6/h1,3H,2H2. The first-order valence-electron chi connectivity index (χ1n) is 3.22. The third-order valence-electron chi connectivity index (χ3n) is 1.37. The van der Waals surface area contributed by atoms with E-state index in [1.165, 1.54) is 0 Å². The molecule has 1 aromatic rings. The van der Waals surface area contributed by atoms with E-state index in [-0.39, 0.29) is 5.69 Å². The smallest absolute Gasteiger partial charge is 0.256 e. The summed E-state index contributed by atoms with van der Waals surface area (Å²) in [6.45, 7) is 0. The molecule has 0 saturated carbocycles. The van der Waals surface area contributed by atoms with E-state index in [9.17, 15) is 17.6 Å². The molecule has 0 fully saturated rings. The zero-order valence-electron chi connectivity index (χ0n) is 6.20. The first-order chi connectivity index (χ1) is 5.95. The molecule has 1 rings (SSSR count). The molecule has 1 heterocycles. The number of nitrogens with zero attached hydrogens (tertiary/aromatic N) is 1. The molecule has 0 N–H and O–H groups in total. The molecular weight excluding hydrogens is 210 g/mol. The Balaban J connectivity index is 3.24. The van der Waals surface area contributed by atoms with Crippen LogP contribution in [0.5, 0.6) is 0 Å². The lowest BCUT2D eigenvalue weighted by molar-refractivity contribution is -0.138. The highest BCUT2D eigenvalue weighted by atomic mass is 35.5. The molecule has 0 aromatic carbocycles. The molecule has 6 heteroatoms. The number of hydrogen-bond donors (Lipinski definition) is 0. The molecule has 0 spiro atoms. The topological polar surface area (TPSA) is 12.9 Å². The highest BCUT2D eigenvalue weighted by Gasteiger charge is 2.34. The fraction of sp³-hybridized carbons (Fsp3) is 0.286. The number of halogens is 5. The van der Waals surface area contributed by atoms with Gasteiger partial charge in [-0.3, -0.25) is 4.98 Å². The fourth-order valence-electron chi connectivity index (χ4n) is 0.820. The number of pyridine rings is 1. The molecule has 0 aliphatic rings. The maximum Gasteiger partial charge on any atom is 0.418 e. The third kappa shape index (κ3) is 2.30. The van der Waals surface area contributed by atoms with Crippen LogP contribution in [-0.2, 0) is 12.1 Å². The van der Waals surface area contributed by atoms with Gasteiger partial charge in [-0.05, 0) is 6.07 Å². The maximum absolute atomic E-state index is 12.4. The van der Waals surface area contributed by atoms with Crippen molar-refractivity contribution in [3.63, 3.8) is 0 Å². The van der Waals surface area contributed by atoms with E-state index >= 15 is 0 Å². The van der Waals surface area contributed by atoms with Crippen molar-refractivity contribution in [3.8, 4) is 0 Å². The van der Waals surface area contributed by atoms with Crippen molar-refractivity contribution in [2.45, 2.75) is 12.1 Å². The third-order valence-corrected chi connectivity index (χ3v) is 1.62. The first-order valence-corrected chi connectivity index (χ1v) is 3.76. The van der Waals surface area contributed by atoms with Crippen molar-refractivity contribution < 1.29 is 17.6 Å². The summed E-state index contributed by atoms with van der Waals surface area (Å²) in [6.07, 6.45) is -3.91. The van der Waals surface area contributed by atoms with E-state index in [0.29, 0.717) is 12.3 Å². The maximum atomic E-state index is 12.4. The van der Waals surface area contributed by atoms with E-state index in [2.05, 4.69) is 4.98 Å². The zero-order chi connectivity index (χ0) is 10.1. The van der Waals surface area contributed by atoms with Crippen LogP contribution in [-0.4, -0.2) is 4.98 Å². The monoisotopic (exact) mass is 213 g/mol. The summed E-state index contributed by atoms with van der Waals surface area (Å²) >= 11 is 5.21. The molecule has 0 bridgehead atoms. The molecular formula is C7H4ClF4N. The number of aromatic nitrogens is 1. The largest absolute Gasteiger partial charge is 0.418 e. The van der Waals surface area contributed by atoms with Gasteiger partial charge >= 0.3 is 6.18 Å². The fourth-order valence-corrected chi connectivity index (χ4v) is 1.03. The van der Waals surface area contributed by atoms with Crippen molar-refractivity contribution in [1.29, 1.82) is 0 Å². The van der Waals surface area contributed by atoms with Gasteiger partial charge in [0, 0.05) is 0 Å². The summed E-state index contributed by atoms with van der Waals surface area (Å²) in [7, 11) is 0. The van der Waals surface area contributed by atoms with Crippen LogP contribution in [0.4, 0.5) is 17.6 Å². The Bertz CT molecular complexity index is 310. The number of rotatable bonds is 1. The lowest BCUT2D eigenvalue weighted by atomic mass is 10.2. The molecule has 0 aliphatic heterocycles. The minimum Gasteiger partial charge on any atom is -0.256 e. The predicted molar refractivity (Wildman–Crippen MR) is 38.8 cm³/mol. The average Bonchev–Trinajstić information content (AvgIpc) is 2.03. The van der Waals surface area contributed by atoms with Gasteiger partial charge in [-0.2, -0.15) is 13.2 Å². The molecule has 0 radical (unpaired) electrons. The van der Waals surface area contributed by atoms with Gasteiger partial charge in [-0.25, -0.2) is 4.39 Å². The van der Waals surface area contributed by atoms with Crippen LogP contribution in [0, 0.1) is 5.82 Å². The second-order valence-electron chi connectivity index (χ2n) is 2.28. The minimum absolute atomic E-state index is 0.365. The van der Waals surface area contributed by atoms with Crippen molar-refractivity contribution >= 4 is 11.6 Å². The number of alkyl halides is 4. The van der Waals surface area contributed by atoms with Gasteiger partial charge in [0.2, 0.25) is 0 Å². The van der Waals surface area contributed by atoms with Crippen molar-refractivity contribution in [1.82, 2.24) is 4.98 Å².